The number of hydrogen-bond donors (Lipinski definition) is 3. The van der Waals surface area contributed by atoms with Gasteiger partial charge in [-0.3, -0.25) is 9.59 Å². The highest BCUT2D eigenvalue weighted by molar-refractivity contribution is 6.34. The molecule has 0 radical (unpaired) electrons. The summed E-state index contributed by atoms with van der Waals surface area (Å²) in [6.07, 6.45) is -2.98. The highest BCUT2D eigenvalue weighted by Gasteiger charge is 2.35. The van der Waals surface area contributed by atoms with Gasteiger partial charge in [-0.05, 0) is 43.7 Å². The smallest absolute Gasteiger partial charge is 0.490 e. The SMILES string of the molecule is Bc1c(CCC)ccc(OCC(C)(NC(=O)c2ccc(OC(F)(F)F)cc2)C(N)=O)c1CN. The Balaban J connectivity index is 2.16. The van der Waals surface area contributed by atoms with Crippen molar-refractivity contribution in [3.8, 4) is 11.5 Å². The number of benzene rings is 2. The van der Waals surface area contributed by atoms with E-state index in [2.05, 4.69) is 17.0 Å². The van der Waals surface area contributed by atoms with Gasteiger partial charge in [0.1, 0.15) is 26.0 Å². The summed E-state index contributed by atoms with van der Waals surface area (Å²) in [5.74, 6) is -1.56. The van der Waals surface area contributed by atoms with Gasteiger partial charge >= 0.3 is 6.36 Å². The Kier molecular flexibility index (Phi) is 8.37. The fraction of sp³-hybridized carbons (Fsp3) is 0.364. The van der Waals surface area contributed by atoms with Crippen LogP contribution in [0.1, 0.15) is 41.8 Å². The first-order valence-electron chi connectivity index (χ1n) is 10.3. The number of primary amides is 1. The molecule has 0 aliphatic heterocycles. The first kappa shape index (κ1) is 26.1. The van der Waals surface area contributed by atoms with Gasteiger partial charge in [0, 0.05) is 17.7 Å². The van der Waals surface area contributed by atoms with Crippen LogP contribution in [-0.2, 0) is 17.8 Å². The van der Waals surface area contributed by atoms with Gasteiger partial charge in [0.05, 0.1) is 0 Å². The normalized spacial score (nSPS) is 13.2. The fourth-order valence-electron chi connectivity index (χ4n) is 3.23. The van der Waals surface area contributed by atoms with E-state index in [4.69, 9.17) is 16.2 Å². The molecule has 2 aromatic rings. The molecule has 178 valence electrons. The van der Waals surface area contributed by atoms with Crippen molar-refractivity contribution < 1.29 is 32.2 Å². The number of hydrogen-bond acceptors (Lipinski definition) is 5. The molecule has 2 rings (SSSR count). The van der Waals surface area contributed by atoms with Crippen LogP contribution in [0.25, 0.3) is 0 Å². The molecule has 0 saturated carbocycles. The lowest BCUT2D eigenvalue weighted by atomic mass is 9.83. The third kappa shape index (κ3) is 6.89. The minimum absolute atomic E-state index is 0.0133. The van der Waals surface area contributed by atoms with Crippen LogP contribution in [0.2, 0.25) is 0 Å². The average Bonchev–Trinajstić information content (AvgIpc) is 2.73. The maximum Gasteiger partial charge on any atom is 0.573 e. The molecule has 0 aliphatic rings. The Labute approximate surface area is 191 Å². The molecular formula is C22H27BF3N3O4. The summed E-state index contributed by atoms with van der Waals surface area (Å²) in [7, 11) is 1.95. The summed E-state index contributed by atoms with van der Waals surface area (Å²) in [5, 5.41) is 2.50. The minimum Gasteiger partial charge on any atom is -0.490 e. The Hall–Kier alpha value is -3.21. The lowest BCUT2D eigenvalue weighted by Gasteiger charge is -2.28. The van der Waals surface area contributed by atoms with Gasteiger partial charge in [-0.25, -0.2) is 0 Å². The van der Waals surface area contributed by atoms with Crippen LogP contribution < -0.4 is 31.7 Å². The van der Waals surface area contributed by atoms with E-state index in [1.807, 2.05) is 13.9 Å². The summed E-state index contributed by atoms with van der Waals surface area (Å²) in [6, 6.07) is 7.96. The molecule has 0 fully saturated rings. The van der Waals surface area contributed by atoms with E-state index < -0.39 is 29.5 Å². The molecule has 0 aliphatic carbocycles. The van der Waals surface area contributed by atoms with Gasteiger partial charge in [0.15, 0.2) is 5.54 Å². The zero-order valence-corrected chi connectivity index (χ0v) is 18.7. The number of alkyl halides is 3. The largest absolute Gasteiger partial charge is 0.573 e. The van der Waals surface area contributed by atoms with Crippen LogP contribution in [0, 0.1) is 0 Å². The molecule has 2 amide bonds. The average molecular weight is 465 g/mol. The second kappa shape index (κ2) is 10.6. The number of amides is 2. The summed E-state index contributed by atoms with van der Waals surface area (Å²) in [5.41, 5.74) is 12.8. The van der Waals surface area contributed by atoms with Crippen LogP contribution in [-0.4, -0.2) is 38.2 Å². The predicted octanol–water partition coefficient (Wildman–Crippen LogP) is 1.31. The van der Waals surface area contributed by atoms with Crippen molar-refractivity contribution in [2.45, 2.75) is 45.1 Å². The molecule has 33 heavy (non-hydrogen) atoms. The van der Waals surface area contributed by atoms with Crippen LogP contribution in [0.15, 0.2) is 36.4 Å². The van der Waals surface area contributed by atoms with E-state index in [0.717, 1.165) is 53.7 Å². The van der Waals surface area contributed by atoms with E-state index in [-0.39, 0.29) is 18.7 Å². The van der Waals surface area contributed by atoms with Crippen LogP contribution in [0.4, 0.5) is 13.2 Å². The highest BCUT2D eigenvalue weighted by atomic mass is 19.4. The zero-order valence-electron chi connectivity index (χ0n) is 18.7. The molecule has 0 heterocycles. The lowest BCUT2D eigenvalue weighted by molar-refractivity contribution is -0.274. The maximum absolute atomic E-state index is 12.6. The van der Waals surface area contributed by atoms with Crippen LogP contribution in [0.5, 0.6) is 11.5 Å². The number of ether oxygens (including phenoxy) is 2. The summed E-state index contributed by atoms with van der Waals surface area (Å²) in [4.78, 5) is 24.7. The summed E-state index contributed by atoms with van der Waals surface area (Å²) < 4.78 is 46.5. The highest BCUT2D eigenvalue weighted by Crippen LogP contribution is 2.23. The summed E-state index contributed by atoms with van der Waals surface area (Å²) in [6.45, 7) is 3.42. The monoisotopic (exact) mass is 465 g/mol. The van der Waals surface area contributed by atoms with Gasteiger partial charge in [-0.2, -0.15) is 0 Å². The number of nitrogens with two attached hydrogens (primary N) is 2. The number of aryl methyl sites for hydroxylation is 1. The standard InChI is InChI=1S/C22H27BF3N3O4/c1-3-4-13-7-10-17(16(11-27)18(13)23)32-12-21(2,20(28)31)29-19(30)14-5-8-15(9-6-14)33-22(24,25)26/h5-10H,3-4,11-12,23,27H2,1-2H3,(H2,28,31)(H,29,30). The van der Waals surface area contributed by atoms with Crippen molar-refractivity contribution in [2.24, 2.45) is 11.5 Å². The first-order chi connectivity index (χ1) is 15.4. The molecule has 0 spiro atoms. The van der Waals surface area contributed by atoms with E-state index in [1.165, 1.54) is 6.92 Å². The molecule has 0 aromatic heterocycles. The van der Waals surface area contributed by atoms with Crippen molar-refractivity contribution in [1.82, 2.24) is 5.32 Å². The van der Waals surface area contributed by atoms with Crippen LogP contribution >= 0.6 is 0 Å². The zero-order chi connectivity index (χ0) is 24.8. The maximum atomic E-state index is 12.6. The molecule has 1 unspecified atom stereocenters. The molecule has 5 N–H and O–H groups in total. The van der Waals surface area contributed by atoms with Gasteiger partial charge in [0.2, 0.25) is 5.91 Å². The number of nitrogens with one attached hydrogen (secondary N) is 1. The van der Waals surface area contributed by atoms with Crippen molar-refractivity contribution in [1.29, 1.82) is 0 Å². The molecule has 2 aromatic carbocycles. The van der Waals surface area contributed by atoms with Gasteiger partial charge in [0.25, 0.3) is 5.91 Å². The van der Waals surface area contributed by atoms with Gasteiger partial charge in [-0.15, -0.1) is 13.2 Å². The summed E-state index contributed by atoms with van der Waals surface area (Å²) >= 11 is 0. The second-order valence-corrected chi connectivity index (χ2v) is 7.79. The Morgan fingerprint density at radius 2 is 1.76 bits per heavy atom. The molecule has 1 atom stereocenters. The second-order valence-electron chi connectivity index (χ2n) is 7.79. The topological polar surface area (TPSA) is 117 Å². The lowest BCUT2D eigenvalue weighted by Crippen LogP contribution is -2.59. The van der Waals surface area contributed by atoms with Gasteiger partial charge in [-0.1, -0.05) is 30.4 Å². The number of carbonyl (C=O) groups excluding carboxylic acids is 2. The predicted molar refractivity (Wildman–Crippen MR) is 120 cm³/mol. The van der Waals surface area contributed by atoms with Crippen molar-refractivity contribution in [2.75, 3.05) is 6.61 Å². The number of carbonyl (C=O) groups is 2. The van der Waals surface area contributed by atoms with Crippen LogP contribution in [0.3, 0.4) is 0 Å². The van der Waals surface area contributed by atoms with Crippen molar-refractivity contribution >= 4 is 25.1 Å². The fourth-order valence-corrected chi connectivity index (χ4v) is 3.23. The van der Waals surface area contributed by atoms with E-state index >= 15 is 0 Å². The Morgan fingerprint density at radius 3 is 2.27 bits per heavy atom. The van der Waals surface area contributed by atoms with Crippen molar-refractivity contribution in [3.63, 3.8) is 0 Å². The molecule has 0 saturated heterocycles. The molecule has 7 nitrogen and oxygen atoms in total. The van der Waals surface area contributed by atoms with Crippen molar-refractivity contribution in [3.05, 3.63) is 53.1 Å². The van der Waals surface area contributed by atoms with E-state index in [0.29, 0.717) is 5.75 Å². The molecule has 0 bridgehead atoms. The minimum atomic E-state index is -4.85. The number of halogens is 3. The third-order valence-corrected chi connectivity index (χ3v) is 5.19. The Bertz CT molecular complexity index is 1000. The first-order valence-corrected chi connectivity index (χ1v) is 10.3. The number of rotatable bonds is 10. The molecular weight excluding hydrogens is 438 g/mol. The van der Waals surface area contributed by atoms with E-state index in [1.54, 1.807) is 6.07 Å². The Morgan fingerprint density at radius 1 is 1.12 bits per heavy atom. The quantitative estimate of drug-likeness (QED) is 0.458. The third-order valence-electron chi connectivity index (χ3n) is 5.19. The van der Waals surface area contributed by atoms with Gasteiger partial charge < -0.3 is 26.3 Å². The molecule has 11 heteroatoms. The van der Waals surface area contributed by atoms with E-state index in [9.17, 15) is 22.8 Å².